The van der Waals surface area contributed by atoms with Gasteiger partial charge in [-0.05, 0) is 19.1 Å². The Morgan fingerprint density at radius 1 is 1.12 bits per heavy atom. The van der Waals surface area contributed by atoms with Crippen LogP contribution in [0, 0.1) is 6.92 Å². The van der Waals surface area contributed by atoms with Crippen LogP contribution in [0.25, 0.3) is 32.8 Å². The van der Waals surface area contributed by atoms with Crippen molar-refractivity contribution in [1.82, 2.24) is 4.98 Å². The van der Waals surface area contributed by atoms with Crippen LogP contribution >= 0.6 is 11.3 Å². The molecule has 124 valence electrons. The van der Waals surface area contributed by atoms with Crippen LogP contribution < -0.4 is 10.4 Å². The van der Waals surface area contributed by atoms with Crippen molar-refractivity contribution in [1.29, 1.82) is 0 Å². The lowest BCUT2D eigenvalue weighted by atomic mass is 10.1. The Hall–Kier alpha value is -2.92. The van der Waals surface area contributed by atoms with E-state index >= 15 is 0 Å². The fraction of sp³-hybridized carbons (Fsp3) is 0.100. The van der Waals surface area contributed by atoms with E-state index in [2.05, 4.69) is 4.98 Å². The van der Waals surface area contributed by atoms with Crippen molar-refractivity contribution in [2.75, 3.05) is 7.11 Å². The van der Waals surface area contributed by atoms with E-state index in [0.29, 0.717) is 21.9 Å². The Morgan fingerprint density at radius 3 is 2.68 bits per heavy atom. The highest BCUT2D eigenvalue weighted by atomic mass is 32.1. The molecular weight excluding hydrogens is 334 g/mol. The molecule has 0 aliphatic rings. The molecule has 5 heteroatoms. The summed E-state index contributed by atoms with van der Waals surface area (Å²) >= 11 is 1.43. The van der Waals surface area contributed by atoms with Crippen molar-refractivity contribution in [2.24, 2.45) is 0 Å². The zero-order chi connectivity index (χ0) is 17.4. The highest BCUT2D eigenvalue weighted by molar-refractivity contribution is 7.13. The second kappa shape index (κ2) is 6.18. The molecule has 25 heavy (non-hydrogen) atoms. The van der Waals surface area contributed by atoms with E-state index in [1.165, 1.54) is 16.9 Å². The van der Waals surface area contributed by atoms with Gasteiger partial charge in [-0.3, -0.25) is 0 Å². The number of para-hydroxylation sites is 1. The molecule has 0 N–H and O–H groups in total. The molecule has 0 unspecified atom stereocenters. The molecule has 2 aromatic heterocycles. The minimum absolute atomic E-state index is 0.415. The Kier molecular flexibility index (Phi) is 3.86. The largest absolute Gasteiger partial charge is 0.493 e. The van der Waals surface area contributed by atoms with Crippen molar-refractivity contribution in [3.8, 4) is 27.6 Å². The van der Waals surface area contributed by atoms with E-state index in [9.17, 15) is 4.79 Å². The van der Waals surface area contributed by atoms with Gasteiger partial charge < -0.3 is 9.15 Å². The number of rotatable bonds is 3. The topological polar surface area (TPSA) is 52.3 Å². The summed E-state index contributed by atoms with van der Waals surface area (Å²) in [6, 6.07) is 15.5. The molecular formula is C20H15NO3S. The summed E-state index contributed by atoms with van der Waals surface area (Å²) < 4.78 is 10.7. The summed E-state index contributed by atoms with van der Waals surface area (Å²) in [6.07, 6.45) is 0. The number of fused-ring (bicyclic) bond motifs is 1. The van der Waals surface area contributed by atoms with Gasteiger partial charge in [0.2, 0.25) is 0 Å². The fourth-order valence-corrected chi connectivity index (χ4v) is 3.51. The van der Waals surface area contributed by atoms with Crippen LogP contribution in [0.3, 0.4) is 0 Å². The highest BCUT2D eigenvalue weighted by Crippen LogP contribution is 2.31. The van der Waals surface area contributed by atoms with Gasteiger partial charge in [-0.15, -0.1) is 11.3 Å². The summed E-state index contributed by atoms with van der Waals surface area (Å²) in [5.74, 6) is 0.542. The first-order valence-corrected chi connectivity index (χ1v) is 8.67. The van der Waals surface area contributed by atoms with Crippen molar-refractivity contribution >= 4 is 22.3 Å². The van der Waals surface area contributed by atoms with Crippen molar-refractivity contribution < 1.29 is 9.15 Å². The van der Waals surface area contributed by atoms with E-state index in [4.69, 9.17) is 9.15 Å². The van der Waals surface area contributed by atoms with Gasteiger partial charge in [-0.1, -0.05) is 42.0 Å². The third kappa shape index (κ3) is 2.83. The average molecular weight is 349 g/mol. The fourth-order valence-electron chi connectivity index (χ4n) is 2.68. The molecule has 2 aromatic carbocycles. The van der Waals surface area contributed by atoms with Crippen molar-refractivity contribution in [3.05, 3.63) is 69.9 Å². The van der Waals surface area contributed by atoms with E-state index in [1.807, 2.05) is 48.7 Å². The predicted octanol–water partition coefficient (Wildman–Crippen LogP) is 4.90. The van der Waals surface area contributed by atoms with Gasteiger partial charge in [-0.25, -0.2) is 9.78 Å². The smallest absolute Gasteiger partial charge is 0.346 e. The Morgan fingerprint density at radius 2 is 1.92 bits per heavy atom. The third-order valence-corrected chi connectivity index (χ3v) is 4.90. The second-order valence-corrected chi connectivity index (χ2v) is 6.59. The standard InChI is InChI=1S/C20H15NO3S/c1-12-6-8-13(9-7-12)16-11-25-19(21-16)15-10-14-4-3-5-17(23-2)18(14)24-20(15)22/h3-11H,1-2H3. The van der Waals surface area contributed by atoms with E-state index < -0.39 is 5.63 Å². The van der Waals surface area contributed by atoms with E-state index in [-0.39, 0.29) is 0 Å². The molecule has 0 fully saturated rings. The molecule has 0 aliphatic heterocycles. The van der Waals surface area contributed by atoms with Crippen LogP contribution in [0.1, 0.15) is 5.56 Å². The maximum atomic E-state index is 12.4. The number of benzene rings is 2. The molecule has 0 amide bonds. The SMILES string of the molecule is COc1cccc2cc(-c3nc(-c4ccc(C)cc4)cs3)c(=O)oc12. The molecule has 4 nitrogen and oxygen atoms in total. The summed E-state index contributed by atoms with van der Waals surface area (Å²) in [7, 11) is 1.55. The van der Waals surface area contributed by atoms with Crippen LogP contribution in [-0.4, -0.2) is 12.1 Å². The molecule has 0 spiro atoms. The van der Waals surface area contributed by atoms with Crippen LogP contribution in [0.4, 0.5) is 0 Å². The molecule has 0 saturated heterocycles. The van der Waals surface area contributed by atoms with Crippen LogP contribution in [0.2, 0.25) is 0 Å². The van der Waals surface area contributed by atoms with Crippen LogP contribution in [0.15, 0.2) is 63.1 Å². The summed E-state index contributed by atoms with van der Waals surface area (Å²) in [5.41, 5.74) is 3.58. The van der Waals surface area contributed by atoms with Gasteiger partial charge in [0.15, 0.2) is 11.3 Å². The highest BCUT2D eigenvalue weighted by Gasteiger charge is 2.14. The van der Waals surface area contributed by atoms with Gasteiger partial charge in [0.1, 0.15) is 5.01 Å². The summed E-state index contributed by atoms with van der Waals surface area (Å²) in [4.78, 5) is 17.1. The molecule has 0 bridgehead atoms. The minimum atomic E-state index is -0.415. The monoisotopic (exact) mass is 349 g/mol. The number of nitrogens with zero attached hydrogens (tertiary/aromatic N) is 1. The number of aromatic nitrogens is 1. The maximum absolute atomic E-state index is 12.4. The number of thiazole rings is 1. The van der Waals surface area contributed by atoms with E-state index in [1.54, 1.807) is 19.2 Å². The number of hydrogen-bond acceptors (Lipinski definition) is 5. The molecule has 4 rings (SSSR count). The third-order valence-electron chi connectivity index (χ3n) is 4.03. The molecule has 0 radical (unpaired) electrons. The zero-order valence-corrected chi connectivity index (χ0v) is 14.6. The van der Waals surface area contributed by atoms with Crippen molar-refractivity contribution in [3.63, 3.8) is 0 Å². The Bertz CT molecular complexity index is 1110. The molecule has 0 atom stereocenters. The first kappa shape index (κ1) is 15.6. The first-order chi connectivity index (χ1) is 12.2. The van der Waals surface area contributed by atoms with Gasteiger partial charge in [0.25, 0.3) is 0 Å². The maximum Gasteiger partial charge on any atom is 0.346 e. The van der Waals surface area contributed by atoms with Gasteiger partial charge in [0, 0.05) is 16.3 Å². The molecule has 0 saturated carbocycles. The van der Waals surface area contributed by atoms with Gasteiger partial charge >= 0.3 is 5.63 Å². The van der Waals surface area contributed by atoms with Gasteiger partial charge in [-0.2, -0.15) is 0 Å². The normalized spacial score (nSPS) is 11.0. The number of aryl methyl sites for hydroxylation is 1. The predicted molar refractivity (Wildman–Crippen MR) is 100 cm³/mol. The average Bonchev–Trinajstić information content (AvgIpc) is 3.11. The zero-order valence-electron chi connectivity index (χ0n) is 13.8. The lowest BCUT2D eigenvalue weighted by Gasteiger charge is -2.04. The number of hydrogen-bond donors (Lipinski definition) is 0. The minimum Gasteiger partial charge on any atom is -0.493 e. The summed E-state index contributed by atoms with van der Waals surface area (Å²) in [6.45, 7) is 2.05. The lowest BCUT2D eigenvalue weighted by Crippen LogP contribution is -2.03. The quantitative estimate of drug-likeness (QED) is 0.494. The number of methoxy groups -OCH3 is 1. The molecule has 4 aromatic rings. The van der Waals surface area contributed by atoms with Gasteiger partial charge in [0.05, 0.1) is 18.4 Å². The molecule has 2 heterocycles. The number of ether oxygens (including phenoxy) is 1. The lowest BCUT2D eigenvalue weighted by molar-refractivity contribution is 0.407. The second-order valence-electron chi connectivity index (χ2n) is 5.73. The summed E-state index contributed by atoms with van der Waals surface area (Å²) in [5, 5.41) is 3.41. The Balaban J connectivity index is 1.81. The van der Waals surface area contributed by atoms with Crippen LogP contribution in [0.5, 0.6) is 5.75 Å². The Labute approximate surface area is 148 Å². The van der Waals surface area contributed by atoms with E-state index in [0.717, 1.165) is 16.6 Å². The first-order valence-electron chi connectivity index (χ1n) is 7.79. The molecule has 0 aliphatic carbocycles. The van der Waals surface area contributed by atoms with Crippen LogP contribution in [-0.2, 0) is 0 Å². The van der Waals surface area contributed by atoms with Crippen molar-refractivity contribution in [2.45, 2.75) is 6.92 Å².